The average Bonchev–Trinajstić information content (AvgIpc) is 2.62. The lowest BCUT2D eigenvalue weighted by atomic mass is 10.1. The molecule has 4 heteroatoms. The van der Waals surface area contributed by atoms with Gasteiger partial charge in [0, 0.05) is 5.75 Å². The lowest BCUT2D eigenvalue weighted by Crippen LogP contribution is -2.05. The Morgan fingerprint density at radius 3 is 2.46 bits per heavy atom. The van der Waals surface area contributed by atoms with Crippen LogP contribution in [0.15, 0.2) is 64.8 Å². The van der Waals surface area contributed by atoms with Crippen LogP contribution in [0.25, 0.3) is 0 Å². The van der Waals surface area contributed by atoms with E-state index in [9.17, 15) is 0 Å². The number of amidine groups is 1. The summed E-state index contributed by atoms with van der Waals surface area (Å²) in [5, 5.41) is 8.60. The van der Waals surface area contributed by atoms with Gasteiger partial charge in [-0.15, -0.1) is 5.10 Å². The summed E-state index contributed by atoms with van der Waals surface area (Å²) >= 11 is 1.49. The van der Waals surface area contributed by atoms with Crippen molar-refractivity contribution in [1.82, 2.24) is 0 Å². The summed E-state index contributed by atoms with van der Waals surface area (Å²) in [7, 11) is 0. The predicted molar refractivity (Wildman–Crippen MR) is 107 cm³/mol. The molecule has 2 rings (SSSR count). The van der Waals surface area contributed by atoms with Crippen LogP contribution in [0.3, 0.4) is 0 Å². The molecule has 24 heavy (non-hydrogen) atoms. The van der Waals surface area contributed by atoms with E-state index in [4.69, 9.17) is 5.73 Å². The zero-order valence-corrected chi connectivity index (χ0v) is 15.0. The van der Waals surface area contributed by atoms with Gasteiger partial charge < -0.3 is 5.73 Å². The quantitative estimate of drug-likeness (QED) is 0.318. The van der Waals surface area contributed by atoms with Gasteiger partial charge in [-0.3, -0.25) is 0 Å². The molecule has 0 bridgehead atoms. The first-order valence-electron chi connectivity index (χ1n) is 8.40. The number of unbranched alkanes of at least 4 members (excludes halogenated alkanes) is 2. The van der Waals surface area contributed by atoms with Crippen LogP contribution in [0.5, 0.6) is 0 Å². The van der Waals surface area contributed by atoms with E-state index >= 15 is 0 Å². The maximum Gasteiger partial charge on any atom is 0.180 e. The van der Waals surface area contributed by atoms with Crippen molar-refractivity contribution in [3.05, 3.63) is 71.3 Å². The van der Waals surface area contributed by atoms with E-state index in [-0.39, 0.29) is 0 Å². The molecule has 0 aromatic heterocycles. The molecule has 0 atom stereocenters. The topological polar surface area (TPSA) is 50.7 Å². The SMILES string of the molecule is CCCCCc1ccc(C=NN=C(N)SCc2ccccc2)cc1. The third-order valence-electron chi connectivity index (χ3n) is 3.64. The molecule has 2 N–H and O–H groups in total. The normalized spacial score (nSPS) is 12.0. The molecule has 0 amide bonds. The minimum atomic E-state index is 0.478. The Bertz CT molecular complexity index is 648. The Kier molecular flexibility index (Phi) is 8.11. The Hall–Kier alpha value is -2.07. The Balaban J connectivity index is 1.79. The first kappa shape index (κ1) is 18.3. The summed E-state index contributed by atoms with van der Waals surface area (Å²) in [6.45, 7) is 2.23. The first-order chi connectivity index (χ1) is 11.8. The number of hydrogen-bond acceptors (Lipinski definition) is 3. The zero-order chi connectivity index (χ0) is 17.0. The minimum absolute atomic E-state index is 0.478. The highest BCUT2D eigenvalue weighted by Gasteiger charge is 1.96. The number of nitrogens with zero attached hydrogens (tertiary/aromatic N) is 2. The van der Waals surface area contributed by atoms with Crippen LogP contribution in [-0.2, 0) is 12.2 Å². The van der Waals surface area contributed by atoms with E-state index < -0.39 is 0 Å². The summed E-state index contributed by atoms with van der Waals surface area (Å²) in [6, 6.07) is 18.7. The highest BCUT2D eigenvalue weighted by Crippen LogP contribution is 2.11. The molecule has 0 heterocycles. The second kappa shape index (κ2) is 10.7. The van der Waals surface area contributed by atoms with Crippen molar-refractivity contribution in [2.75, 3.05) is 0 Å². The molecule has 3 nitrogen and oxygen atoms in total. The summed E-state index contributed by atoms with van der Waals surface area (Å²) in [4.78, 5) is 0. The van der Waals surface area contributed by atoms with Gasteiger partial charge in [0.1, 0.15) is 0 Å². The van der Waals surface area contributed by atoms with Crippen molar-refractivity contribution in [2.45, 2.75) is 38.4 Å². The van der Waals surface area contributed by atoms with Gasteiger partial charge in [-0.2, -0.15) is 5.10 Å². The molecule has 126 valence electrons. The maximum atomic E-state index is 5.88. The van der Waals surface area contributed by atoms with Gasteiger partial charge in [-0.05, 0) is 29.5 Å². The molecule has 2 aromatic rings. The molecule has 0 radical (unpaired) electrons. The van der Waals surface area contributed by atoms with E-state index in [1.807, 2.05) is 18.2 Å². The second-order valence-electron chi connectivity index (χ2n) is 5.66. The lowest BCUT2D eigenvalue weighted by Gasteiger charge is -2.01. The summed E-state index contributed by atoms with van der Waals surface area (Å²) < 4.78 is 0. The summed E-state index contributed by atoms with van der Waals surface area (Å²) in [5.41, 5.74) is 9.52. The van der Waals surface area contributed by atoms with Crippen molar-refractivity contribution < 1.29 is 0 Å². The van der Waals surface area contributed by atoms with Crippen LogP contribution in [0.2, 0.25) is 0 Å². The zero-order valence-electron chi connectivity index (χ0n) is 14.2. The minimum Gasteiger partial charge on any atom is -0.377 e. The van der Waals surface area contributed by atoms with Crippen LogP contribution >= 0.6 is 11.8 Å². The highest BCUT2D eigenvalue weighted by molar-refractivity contribution is 8.13. The third kappa shape index (κ3) is 7.01. The van der Waals surface area contributed by atoms with Crippen molar-refractivity contribution in [3.63, 3.8) is 0 Å². The number of hydrogen-bond donors (Lipinski definition) is 1. The fourth-order valence-corrected chi connectivity index (χ4v) is 2.87. The number of nitrogens with two attached hydrogens (primary N) is 1. The Morgan fingerprint density at radius 1 is 1.00 bits per heavy atom. The highest BCUT2D eigenvalue weighted by atomic mass is 32.2. The molecule has 0 saturated heterocycles. The first-order valence-corrected chi connectivity index (χ1v) is 9.38. The Labute approximate surface area is 149 Å². The number of rotatable bonds is 8. The van der Waals surface area contributed by atoms with Crippen LogP contribution in [0, 0.1) is 0 Å². The van der Waals surface area contributed by atoms with Gasteiger partial charge in [-0.25, -0.2) is 0 Å². The van der Waals surface area contributed by atoms with Gasteiger partial charge in [0.05, 0.1) is 6.21 Å². The fourth-order valence-electron chi connectivity index (χ4n) is 2.26. The van der Waals surface area contributed by atoms with Gasteiger partial charge >= 0.3 is 0 Å². The van der Waals surface area contributed by atoms with Crippen molar-refractivity contribution in [3.8, 4) is 0 Å². The predicted octanol–water partition coefficient (Wildman–Crippen LogP) is 5.00. The summed E-state index contributed by atoms with van der Waals surface area (Å²) in [6.07, 6.45) is 6.69. The van der Waals surface area contributed by atoms with Gasteiger partial charge in [-0.1, -0.05) is 86.1 Å². The standard InChI is InChI=1S/C20H25N3S/c1-2-3-5-8-17-11-13-18(14-12-17)15-22-23-20(21)24-16-19-9-6-4-7-10-19/h4,6-7,9-15H,2-3,5,8,16H2,1H3,(H2,21,23). The van der Waals surface area contributed by atoms with E-state index in [0.717, 1.165) is 17.7 Å². The van der Waals surface area contributed by atoms with E-state index in [1.54, 1.807) is 6.21 Å². The Morgan fingerprint density at radius 2 is 1.75 bits per heavy atom. The molecule has 0 unspecified atom stereocenters. The molecule has 0 aliphatic carbocycles. The van der Waals surface area contributed by atoms with Crippen molar-refractivity contribution in [1.29, 1.82) is 0 Å². The van der Waals surface area contributed by atoms with Crippen molar-refractivity contribution >= 4 is 23.1 Å². The molecule has 0 aliphatic heterocycles. The van der Waals surface area contributed by atoms with Crippen LogP contribution in [-0.4, -0.2) is 11.4 Å². The van der Waals surface area contributed by atoms with Gasteiger partial charge in [0.25, 0.3) is 0 Å². The number of benzene rings is 2. The van der Waals surface area contributed by atoms with Gasteiger partial charge in [0.2, 0.25) is 0 Å². The van der Waals surface area contributed by atoms with E-state index in [2.05, 4.69) is 53.5 Å². The molecule has 0 aliphatic rings. The molecule has 2 aromatic carbocycles. The molecule has 0 fully saturated rings. The molecule has 0 spiro atoms. The largest absolute Gasteiger partial charge is 0.377 e. The monoisotopic (exact) mass is 339 g/mol. The fraction of sp³-hybridized carbons (Fsp3) is 0.300. The summed E-state index contributed by atoms with van der Waals surface area (Å²) in [5.74, 6) is 0.804. The molecular weight excluding hydrogens is 314 g/mol. The van der Waals surface area contributed by atoms with Crippen molar-refractivity contribution in [2.24, 2.45) is 15.9 Å². The van der Waals surface area contributed by atoms with Gasteiger partial charge in [0.15, 0.2) is 5.17 Å². The number of thioether (sulfide) groups is 1. The number of aryl methyl sites for hydroxylation is 1. The van der Waals surface area contributed by atoms with E-state index in [1.165, 1.54) is 42.2 Å². The maximum absolute atomic E-state index is 5.88. The average molecular weight is 340 g/mol. The molecule has 0 saturated carbocycles. The van der Waals surface area contributed by atoms with E-state index in [0.29, 0.717) is 5.17 Å². The van der Waals surface area contributed by atoms with Crippen LogP contribution in [0.1, 0.15) is 42.9 Å². The smallest absolute Gasteiger partial charge is 0.180 e. The second-order valence-corrected chi connectivity index (χ2v) is 6.65. The van der Waals surface area contributed by atoms with Crippen LogP contribution in [0.4, 0.5) is 0 Å². The third-order valence-corrected chi connectivity index (χ3v) is 4.50. The lowest BCUT2D eigenvalue weighted by molar-refractivity contribution is 0.717. The van der Waals surface area contributed by atoms with Crippen LogP contribution < -0.4 is 5.73 Å². The molecular formula is C20H25N3S.